The molecule has 6 nitrogen and oxygen atoms in total. The van der Waals surface area contributed by atoms with Crippen LogP contribution in [0.1, 0.15) is 39.5 Å². The summed E-state index contributed by atoms with van der Waals surface area (Å²) in [4.78, 5) is 16.6. The Labute approximate surface area is 177 Å². The summed E-state index contributed by atoms with van der Waals surface area (Å²) in [7, 11) is -2.29. The number of likely N-dealkylation sites (tertiary alicyclic amines) is 1. The summed E-state index contributed by atoms with van der Waals surface area (Å²) in [6, 6.07) is 3.12. The zero-order valence-electron chi connectivity index (χ0n) is 17.9. The SMILES string of the molecule is CC(C)N1CCC(N(C)C(=O)C2CCN(S(=O)(=O)c3cc(F)ccc3F)CC2)CC1. The summed E-state index contributed by atoms with van der Waals surface area (Å²) in [5, 5.41) is 0. The second kappa shape index (κ2) is 9.28. The predicted molar refractivity (Wildman–Crippen MR) is 110 cm³/mol. The summed E-state index contributed by atoms with van der Waals surface area (Å²) < 4.78 is 54.0. The van der Waals surface area contributed by atoms with Gasteiger partial charge in [0.1, 0.15) is 16.5 Å². The van der Waals surface area contributed by atoms with Gasteiger partial charge in [0.25, 0.3) is 0 Å². The van der Waals surface area contributed by atoms with Crippen molar-refractivity contribution in [3.63, 3.8) is 0 Å². The van der Waals surface area contributed by atoms with Crippen LogP contribution >= 0.6 is 0 Å². The number of carbonyl (C=O) groups excluding carboxylic acids is 1. The zero-order chi connectivity index (χ0) is 22.1. The summed E-state index contributed by atoms with van der Waals surface area (Å²) >= 11 is 0. The molecule has 0 unspecified atom stereocenters. The van der Waals surface area contributed by atoms with Crippen LogP contribution in [0.4, 0.5) is 8.78 Å². The summed E-state index contributed by atoms with van der Waals surface area (Å²) in [5.74, 6) is -1.97. The number of amides is 1. The number of benzene rings is 1. The zero-order valence-corrected chi connectivity index (χ0v) is 18.7. The highest BCUT2D eigenvalue weighted by Crippen LogP contribution is 2.28. The van der Waals surface area contributed by atoms with E-state index in [4.69, 9.17) is 0 Å². The minimum Gasteiger partial charge on any atom is -0.342 e. The molecule has 30 heavy (non-hydrogen) atoms. The third kappa shape index (κ3) is 4.84. The quantitative estimate of drug-likeness (QED) is 0.702. The Bertz CT molecular complexity index is 862. The highest BCUT2D eigenvalue weighted by Gasteiger charge is 2.36. The minimum absolute atomic E-state index is 0.0481. The smallest absolute Gasteiger partial charge is 0.246 e. The number of piperidine rings is 2. The third-order valence-electron chi connectivity index (χ3n) is 6.44. The molecular formula is C21H31F2N3O3S. The Kier molecular flexibility index (Phi) is 7.14. The van der Waals surface area contributed by atoms with Gasteiger partial charge in [0.15, 0.2) is 0 Å². The Morgan fingerprint density at radius 2 is 1.67 bits per heavy atom. The fourth-order valence-corrected chi connectivity index (χ4v) is 5.96. The number of halogens is 2. The maximum Gasteiger partial charge on any atom is 0.246 e. The van der Waals surface area contributed by atoms with Crippen molar-refractivity contribution in [1.29, 1.82) is 0 Å². The summed E-state index contributed by atoms with van der Waals surface area (Å²) in [5.41, 5.74) is 0. The lowest BCUT2D eigenvalue weighted by Crippen LogP contribution is -2.50. The van der Waals surface area contributed by atoms with Gasteiger partial charge in [-0.2, -0.15) is 4.31 Å². The number of nitrogens with zero attached hydrogens (tertiary/aromatic N) is 3. The molecule has 0 bridgehead atoms. The molecule has 2 fully saturated rings. The average molecular weight is 444 g/mol. The van der Waals surface area contributed by atoms with Crippen LogP contribution in [-0.4, -0.2) is 73.7 Å². The second-order valence-corrected chi connectivity index (χ2v) is 10.5. The van der Waals surface area contributed by atoms with E-state index in [0.29, 0.717) is 24.9 Å². The number of sulfonamides is 1. The Hall–Kier alpha value is -1.58. The molecule has 0 radical (unpaired) electrons. The lowest BCUT2D eigenvalue weighted by molar-refractivity contribution is -0.138. The number of hydrogen-bond acceptors (Lipinski definition) is 4. The highest BCUT2D eigenvalue weighted by atomic mass is 32.2. The van der Waals surface area contributed by atoms with Crippen molar-refractivity contribution in [2.75, 3.05) is 33.2 Å². The summed E-state index contributed by atoms with van der Waals surface area (Å²) in [6.07, 6.45) is 2.63. The molecule has 0 aliphatic carbocycles. The van der Waals surface area contributed by atoms with Crippen molar-refractivity contribution in [3.8, 4) is 0 Å². The molecular weight excluding hydrogens is 412 g/mol. The van der Waals surface area contributed by atoms with Crippen LogP contribution in [0.25, 0.3) is 0 Å². The van der Waals surface area contributed by atoms with Gasteiger partial charge < -0.3 is 9.80 Å². The molecule has 168 valence electrons. The van der Waals surface area contributed by atoms with Crippen LogP contribution in [0.5, 0.6) is 0 Å². The fourth-order valence-electron chi connectivity index (χ4n) is 4.41. The van der Waals surface area contributed by atoms with Gasteiger partial charge in [0.05, 0.1) is 0 Å². The van der Waals surface area contributed by atoms with Crippen molar-refractivity contribution in [3.05, 3.63) is 29.8 Å². The van der Waals surface area contributed by atoms with E-state index < -0.39 is 26.6 Å². The number of carbonyl (C=O) groups is 1. The van der Waals surface area contributed by atoms with Crippen LogP contribution < -0.4 is 0 Å². The first-order chi connectivity index (χ1) is 14.1. The van der Waals surface area contributed by atoms with Crippen LogP contribution in [0.3, 0.4) is 0 Å². The van der Waals surface area contributed by atoms with E-state index in [9.17, 15) is 22.0 Å². The fraction of sp³-hybridized carbons (Fsp3) is 0.667. The highest BCUT2D eigenvalue weighted by molar-refractivity contribution is 7.89. The van der Waals surface area contributed by atoms with Gasteiger partial charge in [-0.05, 0) is 57.7 Å². The van der Waals surface area contributed by atoms with Crippen molar-refractivity contribution in [2.45, 2.75) is 56.5 Å². The molecule has 1 aromatic carbocycles. The van der Waals surface area contributed by atoms with Crippen LogP contribution in [-0.2, 0) is 14.8 Å². The van der Waals surface area contributed by atoms with E-state index in [0.717, 1.165) is 42.4 Å². The van der Waals surface area contributed by atoms with Gasteiger partial charge in [-0.1, -0.05) is 0 Å². The van der Waals surface area contributed by atoms with Gasteiger partial charge in [-0.3, -0.25) is 4.79 Å². The molecule has 0 N–H and O–H groups in total. The van der Waals surface area contributed by atoms with Gasteiger partial charge >= 0.3 is 0 Å². The number of hydrogen-bond donors (Lipinski definition) is 0. The van der Waals surface area contributed by atoms with E-state index in [2.05, 4.69) is 18.7 Å². The maximum absolute atomic E-state index is 14.0. The van der Waals surface area contributed by atoms with E-state index in [1.54, 1.807) is 0 Å². The Balaban J connectivity index is 1.58. The lowest BCUT2D eigenvalue weighted by Gasteiger charge is -2.40. The first-order valence-corrected chi connectivity index (χ1v) is 12.0. The first kappa shape index (κ1) is 23.1. The molecule has 1 amide bonds. The maximum atomic E-state index is 14.0. The van der Waals surface area contributed by atoms with Gasteiger partial charge in [0, 0.05) is 51.2 Å². The molecule has 2 heterocycles. The largest absolute Gasteiger partial charge is 0.342 e. The normalized spacial score (nSPS) is 20.6. The standard InChI is InChI=1S/C21H31F2N3O3S/c1-15(2)25-10-8-18(9-11-25)24(3)21(27)16-6-12-26(13-7-16)30(28,29)20-14-17(22)4-5-19(20)23/h4-5,14-16,18H,6-13H2,1-3H3. The molecule has 9 heteroatoms. The minimum atomic E-state index is -4.13. The lowest BCUT2D eigenvalue weighted by atomic mass is 9.94. The van der Waals surface area contributed by atoms with Crippen molar-refractivity contribution < 1.29 is 22.0 Å². The first-order valence-electron chi connectivity index (χ1n) is 10.6. The molecule has 0 atom stereocenters. The average Bonchev–Trinajstić information content (AvgIpc) is 2.74. The van der Waals surface area contributed by atoms with Gasteiger partial charge in [-0.15, -0.1) is 0 Å². The Morgan fingerprint density at radius 3 is 2.23 bits per heavy atom. The van der Waals surface area contributed by atoms with E-state index in [1.165, 1.54) is 0 Å². The molecule has 2 aliphatic heterocycles. The van der Waals surface area contributed by atoms with E-state index in [1.807, 2.05) is 11.9 Å². The van der Waals surface area contributed by atoms with Crippen molar-refractivity contribution >= 4 is 15.9 Å². The second-order valence-electron chi connectivity index (χ2n) is 8.56. The molecule has 0 spiro atoms. The van der Waals surface area contributed by atoms with Crippen LogP contribution in [0.15, 0.2) is 23.1 Å². The third-order valence-corrected chi connectivity index (χ3v) is 8.35. The van der Waals surface area contributed by atoms with Gasteiger partial charge in [-0.25, -0.2) is 17.2 Å². The van der Waals surface area contributed by atoms with Crippen LogP contribution in [0.2, 0.25) is 0 Å². The summed E-state index contributed by atoms with van der Waals surface area (Å²) in [6.45, 7) is 6.52. The van der Waals surface area contributed by atoms with E-state index >= 15 is 0 Å². The monoisotopic (exact) mass is 443 g/mol. The van der Waals surface area contributed by atoms with Crippen LogP contribution in [0, 0.1) is 17.6 Å². The van der Waals surface area contributed by atoms with Crippen molar-refractivity contribution in [2.24, 2.45) is 5.92 Å². The molecule has 1 aromatic rings. The topological polar surface area (TPSA) is 60.9 Å². The van der Waals surface area contributed by atoms with Crippen molar-refractivity contribution in [1.82, 2.24) is 14.1 Å². The molecule has 0 aromatic heterocycles. The molecule has 2 saturated heterocycles. The van der Waals surface area contributed by atoms with E-state index in [-0.39, 0.29) is 31.0 Å². The van der Waals surface area contributed by atoms with Gasteiger partial charge in [0.2, 0.25) is 15.9 Å². The number of rotatable bonds is 5. The predicted octanol–water partition coefficient (Wildman–Crippen LogP) is 2.70. The molecule has 2 aliphatic rings. The molecule has 3 rings (SSSR count). The Morgan fingerprint density at radius 1 is 1.07 bits per heavy atom. The molecule has 0 saturated carbocycles.